The van der Waals surface area contributed by atoms with Crippen LogP contribution in [-0.2, 0) is 11.3 Å². The minimum absolute atomic E-state index is 0.0589. The molecule has 0 atom stereocenters. The molecule has 0 spiro atoms. The van der Waals surface area contributed by atoms with Gasteiger partial charge in [0.15, 0.2) is 17.3 Å². The minimum atomic E-state index is -2.95. The van der Waals surface area contributed by atoms with Gasteiger partial charge in [-0.25, -0.2) is 4.68 Å². The number of aryl methyl sites for hydroxylation is 1. The van der Waals surface area contributed by atoms with Crippen molar-refractivity contribution in [1.29, 1.82) is 0 Å². The van der Waals surface area contributed by atoms with E-state index in [1.807, 2.05) is 0 Å². The Bertz CT molecular complexity index is 1020. The van der Waals surface area contributed by atoms with Crippen LogP contribution >= 0.6 is 11.8 Å². The van der Waals surface area contributed by atoms with E-state index in [1.165, 1.54) is 30.2 Å². The highest BCUT2D eigenvalue weighted by atomic mass is 32.2. The van der Waals surface area contributed by atoms with Crippen LogP contribution in [0.15, 0.2) is 40.1 Å². The number of hydrogen-bond acceptors (Lipinski definition) is 8. The van der Waals surface area contributed by atoms with E-state index >= 15 is 0 Å². The van der Waals surface area contributed by atoms with Gasteiger partial charge in [0.05, 0.1) is 24.7 Å². The number of benzene rings is 1. The maximum absolute atomic E-state index is 12.4. The Kier molecular flexibility index (Phi) is 6.77. The van der Waals surface area contributed by atoms with Crippen molar-refractivity contribution in [3.05, 3.63) is 41.9 Å². The molecule has 12 heteroatoms. The molecule has 2 aromatic heterocycles. The van der Waals surface area contributed by atoms with Gasteiger partial charge in [-0.2, -0.15) is 8.78 Å². The maximum Gasteiger partial charge on any atom is 0.387 e. The van der Waals surface area contributed by atoms with Crippen LogP contribution in [0.1, 0.15) is 11.3 Å². The number of nitrogens with two attached hydrogens (primary N) is 1. The Morgan fingerprint density at radius 3 is 2.80 bits per heavy atom. The van der Waals surface area contributed by atoms with Crippen molar-refractivity contribution in [2.24, 2.45) is 0 Å². The lowest BCUT2D eigenvalue weighted by molar-refractivity contribution is -0.118. The number of hydrogen-bond donors (Lipinski definition) is 2. The fraction of sp³-hybridized carbons (Fsp3) is 0.278. The van der Waals surface area contributed by atoms with Crippen LogP contribution in [0.25, 0.3) is 11.4 Å². The van der Waals surface area contributed by atoms with Crippen molar-refractivity contribution in [2.75, 3.05) is 18.7 Å². The van der Waals surface area contributed by atoms with E-state index in [2.05, 4.69) is 20.3 Å². The molecule has 3 aromatic rings. The number of alkyl halides is 2. The molecule has 2 heterocycles. The first-order valence-corrected chi connectivity index (χ1v) is 9.63. The third-order valence-electron chi connectivity index (χ3n) is 4.03. The summed E-state index contributed by atoms with van der Waals surface area (Å²) in [5.74, 6) is 6.96. The van der Waals surface area contributed by atoms with E-state index < -0.39 is 6.61 Å². The summed E-state index contributed by atoms with van der Waals surface area (Å²) >= 11 is 1.12. The van der Waals surface area contributed by atoms with Gasteiger partial charge < -0.3 is 25.1 Å². The second kappa shape index (κ2) is 9.48. The van der Waals surface area contributed by atoms with Crippen molar-refractivity contribution in [1.82, 2.24) is 20.2 Å². The molecule has 30 heavy (non-hydrogen) atoms. The molecule has 160 valence electrons. The molecular formula is C18H19F2N5O4S. The Balaban J connectivity index is 1.55. The zero-order valence-corrected chi connectivity index (χ0v) is 16.9. The van der Waals surface area contributed by atoms with Gasteiger partial charge in [-0.05, 0) is 30.7 Å². The van der Waals surface area contributed by atoms with E-state index in [0.717, 1.165) is 17.3 Å². The molecule has 0 aliphatic heterocycles. The van der Waals surface area contributed by atoms with Crippen molar-refractivity contribution in [3.8, 4) is 22.9 Å². The van der Waals surface area contributed by atoms with Gasteiger partial charge in [-0.1, -0.05) is 17.8 Å². The molecule has 0 radical (unpaired) electrons. The lowest BCUT2D eigenvalue weighted by Gasteiger charge is -2.12. The summed E-state index contributed by atoms with van der Waals surface area (Å²) in [6.45, 7) is -0.991. The van der Waals surface area contributed by atoms with Crippen molar-refractivity contribution in [3.63, 3.8) is 0 Å². The van der Waals surface area contributed by atoms with Crippen LogP contribution in [0, 0.1) is 6.92 Å². The number of amides is 1. The minimum Gasteiger partial charge on any atom is -0.493 e. The first-order chi connectivity index (χ1) is 14.4. The van der Waals surface area contributed by atoms with Gasteiger partial charge in [0, 0.05) is 6.54 Å². The molecule has 0 bridgehead atoms. The first kappa shape index (κ1) is 21.4. The zero-order valence-electron chi connectivity index (χ0n) is 16.1. The van der Waals surface area contributed by atoms with E-state index in [4.69, 9.17) is 15.0 Å². The summed E-state index contributed by atoms with van der Waals surface area (Å²) in [7, 11) is 1.34. The number of furan rings is 1. The second-order valence-electron chi connectivity index (χ2n) is 6.00. The number of nitrogens with one attached hydrogen (secondary N) is 1. The fourth-order valence-electron chi connectivity index (χ4n) is 2.57. The van der Waals surface area contributed by atoms with Crippen molar-refractivity contribution in [2.45, 2.75) is 25.2 Å². The highest BCUT2D eigenvalue weighted by molar-refractivity contribution is 7.99. The number of methoxy groups -OCH3 is 1. The molecule has 1 amide bonds. The molecule has 0 saturated carbocycles. The fourth-order valence-corrected chi connectivity index (χ4v) is 3.26. The Morgan fingerprint density at radius 1 is 1.33 bits per heavy atom. The smallest absolute Gasteiger partial charge is 0.387 e. The highest BCUT2D eigenvalue weighted by Crippen LogP contribution is 2.29. The second-order valence-corrected chi connectivity index (χ2v) is 6.94. The predicted octanol–water partition coefficient (Wildman–Crippen LogP) is 2.58. The van der Waals surface area contributed by atoms with Crippen LogP contribution in [0.5, 0.6) is 11.5 Å². The standard InChI is InChI=1S/C18H19F2N5O4S/c1-10-12(5-6-28-10)16-23-24-18(25(16)21)30-9-15(26)22-8-11-3-4-13(29-17(19)20)14(7-11)27-2/h3-7,17H,8-9,21H2,1-2H3,(H,22,26). The van der Waals surface area contributed by atoms with Gasteiger partial charge in [0.2, 0.25) is 11.1 Å². The number of aromatic nitrogens is 3. The van der Waals surface area contributed by atoms with Crippen LogP contribution in [0.4, 0.5) is 8.78 Å². The van der Waals surface area contributed by atoms with Crippen LogP contribution in [-0.4, -0.2) is 40.3 Å². The quantitative estimate of drug-likeness (QED) is 0.386. The molecular weight excluding hydrogens is 420 g/mol. The summed E-state index contributed by atoms with van der Waals surface area (Å²) in [6, 6.07) is 6.16. The topological polar surface area (TPSA) is 117 Å². The number of thioether (sulfide) groups is 1. The van der Waals surface area contributed by atoms with E-state index in [1.54, 1.807) is 19.1 Å². The Morgan fingerprint density at radius 2 is 2.13 bits per heavy atom. The first-order valence-electron chi connectivity index (χ1n) is 8.65. The number of ether oxygens (including phenoxy) is 2. The Hall–Kier alpha value is -3.28. The molecule has 0 unspecified atom stereocenters. The maximum atomic E-state index is 12.4. The van der Waals surface area contributed by atoms with Gasteiger partial charge >= 0.3 is 6.61 Å². The molecule has 0 saturated heterocycles. The van der Waals surface area contributed by atoms with Crippen LogP contribution < -0.4 is 20.6 Å². The summed E-state index contributed by atoms with van der Waals surface area (Å²) in [4.78, 5) is 12.2. The number of carbonyl (C=O) groups is 1. The van der Waals surface area contributed by atoms with Crippen LogP contribution in [0.3, 0.4) is 0 Å². The largest absolute Gasteiger partial charge is 0.493 e. The normalized spacial score (nSPS) is 11.0. The Labute approximate surface area is 174 Å². The molecule has 0 aliphatic carbocycles. The van der Waals surface area contributed by atoms with Gasteiger partial charge in [-0.15, -0.1) is 10.2 Å². The lowest BCUT2D eigenvalue weighted by Crippen LogP contribution is -2.25. The summed E-state index contributed by atoms with van der Waals surface area (Å²) in [5.41, 5.74) is 1.38. The SMILES string of the molecule is COc1cc(CNC(=O)CSc2nnc(-c3ccoc3C)n2N)ccc1OC(F)F. The van der Waals surface area contributed by atoms with E-state index in [-0.39, 0.29) is 29.7 Å². The average Bonchev–Trinajstić information content (AvgIpc) is 3.30. The number of carbonyl (C=O) groups excluding carboxylic acids is 1. The number of nitrogens with zero attached hydrogens (tertiary/aromatic N) is 3. The van der Waals surface area contributed by atoms with E-state index in [0.29, 0.717) is 22.3 Å². The average molecular weight is 439 g/mol. The van der Waals surface area contributed by atoms with Gasteiger partial charge in [0.25, 0.3) is 0 Å². The third kappa shape index (κ3) is 5.00. The molecule has 0 aliphatic rings. The molecule has 1 aromatic carbocycles. The molecule has 3 rings (SSSR count). The number of halogens is 2. The monoisotopic (exact) mass is 439 g/mol. The van der Waals surface area contributed by atoms with Gasteiger partial charge in [-0.3, -0.25) is 4.79 Å². The van der Waals surface area contributed by atoms with Crippen molar-refractivity contribution < 1.29 is 27.5 Å². The van der Waals surface area contributed by atoms with E-state index in [9.17, 15) is 13.6 Å². The lowest BCUT2D eigenvalue weighted by atomic mass is 10.2. The summed E-state index contributed by atoms with van der Waals surface area (Å²) in [5, 5.41) is 11.1. The van der Waals surface area contributed by atoms with Crippen LogP contribution in [0.2, 0.25) is 0 Å². The predicted molar refractivity (Wildman–Crippen MR) is 105 cm³/mol. The number of nitrogen functional groups attached to an aromatic ring is 1. The number of rotatable bonds is 9. The zero-order chi connectivity index (χ0) is 21.7. The summed E-state index contributed by atoms with van der Waals surface area (Å²) in [6.07, 6.45) is 1.53. The molecule has 0 fully saturated rings. The summed E-state index contributed by atoms with van der Waals surface area (Å²) < 4.78 is 40.7. The van der Waals surface area contributed by atoms with Gasteiger partial charge in [0.1, 0.15) is 5.76 Å². The van der Waals surface area contributed by atoms with Crippen molar-refractivity contribution >= 4 is 17.7 Å². The highest BCUT2D eigenvalue weighted by Gasteiger charge is 2.17. The molecule has 3 N–H and O–H groups in total. The molecule has 9 nitrogen and oxygen atoms in total. The third-order valence-corrected chi connectivity index (χ3v) is 4.97.